The molecule has 8 heteroatoms. The lowest BCUT2D eigenvalue weighted by Crippen LogP contribution is -2.03. The Morgan fingerprint density at radius 2 is 2.00 bits per heavy atom. The molecule has 0 aliphatic heterocycles. The average Bonchev–Trinajstić information content (AvgIpc) is 2.59. The molecule has 0 fully saturated rings. The smallest absolute Gasteiger partial charge is 0.335 e. The first-order chi connectivity index (χ1) is 12.4. The fourth-order valence-corrected chi connectivity index (χ4v) is 2.70. The van der Waals surface area contributed by atoms with Crippen molar-refractivity contribution in [2.24, 2.45) is 0 Å². The third-order valence-corrected chi connectivity index (χ3v) is 4.00. The first-order valence-corrected chi connectivity index (χ1v) is 7.99. The fourth-order valence-electron chi connectivity index (χ4n) is 2.70. The van der Waals surface area contributed by atoms with Crippen molar-refractivity contribution in [3.05, 3.63) is 46.8 Å². The summed E-state index contributed by atoms with van der Waals surface area (Å²) in [6.45, 7) is 3.79. The van der Waals surface area contributed by atoms with Crippen LogP contribution in [0.25, 0.3) is 22.8 Å². The van der Waals surface area contributed by atoms with Crippen LogP contribution in [0.1, 0.15) is 40.5 Å². The molecular weight excluding hydrogens is 332 g/mol. The van der Waals surface area contributed by atoms with Crippen LogP contribution in [0.2, 0.25) is 0 Å². The molecule has 2 aromatic heterocycles. The molecule has 0 spiro atoms. The van der Waals surface area contributed by atoms with Gasteiger partial charge in [0.15, 0.2) is 17.0 Å². The number of carbonyl (C=O) groups is 1. The molecular formula is C18H18N6O2. The summed E-state index contributed by atoms with van der Waals surface area (Å²) in [5.74, 6) is -0.711. The normalized spacial score (nSPS) is 11.7. The second-order valence-corrected chi connectivity index (χ2v) is 5.79. The summed E-state index contributed by atoms with van der Waals surface area (Å²) in [6, 6.07) is 5.25. The highest BCUT2D eigenvalue weighted by atomic mass is 16.4. The maximum Gasteiger partial charge on any atom is 0.335 e. The Morgan fingerprint density at radius 1 is 1.23 bits per heavy atom. The molecule has 0 saturated heterocycles. The van der Waals surface area contributed by atoms with E-state index in [9.17, 15) is 4.79 Å². The number of hydrogen-bond acceptors (Lipinski definition) is 7. The number of fused-ring (bicyclic) bond motifs is 1. The van der Waals surface area contributed by atoms with Crippen molar-refractivity contribution in [1.82, 2.24) is 19.9 Å². The van der Waals surface area contributed by atoms with Crippen LogP contribution in [-0.2, 0) is 0 Å². The molecule has 3 rings (SSSR count). The molecule has 3 aromatic rings. The van der Waals surface area contributed by atoms with Crippen LogP contribution in [0.3, 0.4) is 0 Å². The van der Waals surface area contributed by atoms with E-state index in [1.54, 1.807) is 25.3 Å². The molecule has 0 unspecified atom stereocenters. The predicted octanol–water partition coefficient (Wildman–Crippen LogP) is 2.54. The second kappa shape index (κ2) is 6.75. The van der Waals surface area contributed by atoms with Crippen LogP contribution in [0, 0.1) is 6.92 Å². The van der Waals surface area contributed by atoms with E-state index < -0.39 is 5.97 Å². The molecule has 0 aliphatic rings. The molecule has 132 valence electrons. The summed E-state index contributed by atoms with van der Waals surface area (Å²) in [5.41, 5.74) is 15.7. The lowest BCUT2D eigenvalue weighted by Gasteiger charge is -2.09. The SMILES string of the molecule is CC/C(=C\c1cnc2nc(N)nc(N)c2n1)c1ccc(C(=O)O)c(C)c1. The number of aryl methyl sites for hydroxylation is 1. The largest absolute Gasteiger partial charge is 0.478 e. The number of carboxylic acid groups (broad SMARTS) is 1. The van der Waals surface area contributed by atoms with Crippen molar-refractivity contribution in [3.8, 4) is 0 Å². The predicted molar refractivity (Wildman–Crippen MR) is 100 cm³/mol. The zero-order valence-corrected chi connectivity index (χ0v) is 14.4. The number of nitrogen functional groups attached to an aromatic ring is 2. The zero-order chi connectivity index (χ0) is 18.8. The lowest BCUT2D eigenvalue weighted by molar-refractivity contribution is 0.0696. The Hall–Kier alpha value is -3.55. The van der Waals surface area contributed by atoms with Crippen molar-refractivity contribution in [3.63, 3.8) is 0 Å². The van der Waals surface area contributed by atoms with E-state index in [1.165, 1.54) is 0 Å². The second-order valence-electron chi connectivity index (χ2n) is 5.79. The van der Waals surface area contributed by atoms with E-state index >= 15 is 0 Å². The Bertz CT molecular complexity index is 1050. The van der Waals surface area contributed by atoms with Crippen LogP contribution in [-0.4, -0.2) is 31.0 Å². The number of benzene rings is 1. The molecule has 1 aromatic carbocycles. The van der Waals surface area contributed by atoms with Crippen molar-refractivity contribution >= 4 is 40.5 Å². The van der Waals surface area contributed by atoms with Crippen LogP contribution < -0.4 is 11.5 Å². The van der Waals surface area contributed by atoms with Gasteiger partial charge >= 0.3 is 5.97 Å². The molecule has 5 N–H and O–H groups in total. The summed E-state index contributed by atoms with van der Waals surface area (Å²) in [5, 5.41) is 9.17. The topological polar surface area (TPSA) is 141 Å². The summed E-state index contributed by atoms with van der Waals surface area (Å²) in [4.78, 5) is 27.8. The van der Waals surface area contributed by atoms with Gasteiger partial charge in [0, 0.05) is 0 Å². The van der Waals surface area contributed by atoms with Gasteiger partial charge in [0.05, 0.1) is 17.5 Å². The van der Waals surface area contributed by atoms with E-state index in [4.69, 9.17) is 16.6 Å². The number of rotatable bonds is 4. The molecule has 0 amide bonds. The van der Waals surface area contributed by atoms with Gasteiger partial charge in [-0.05, 0) is 42.2 Å². The van der Waals surface area contributed by atoms with Gasteiger partial charge in [-0.25, -0.2) is 14.8 Å². The standard InChI is InChI=1S/C18H18N6O2/c1-3-10(11-4-5-13(17(25)26)9(2)6-11)7-12-8-21-16-14(22-12)15(19)23-18(20)24-16/h4-8H,3H2,1-2H3,(H,25,26)(H4,19,20,21,23,24)/b10-7+. The highest BCUT2D eigenvalue weighted by molar-refractivity contribution is 5.91. The summed E-state index contributed by atoms with van der Waals surface area (Å²) in [7, 11) is 0. The maximum atomic E-state index is 11.2. The number of aromatic carboxylic acids is 1. The lowest BCUT2D eigenvalue weighted by atomic mass is 9.97. The molecule has 0 radical (unpaired) electrons. The Labute approximate surface area is 149 Å². The molecule has 8 nitrogen and oxygen atoms in total. The number of nitrogens with zero attached hydrogens (tertiary/aromatic N) is 4. The number of anilines is 2. The fraction of sp³-hybridized carbons (Fsp3) is 0.167. The van der Waals surface area contributed by atoms with Gasteiger partial charge in [0.1, 0.15) is 0 Å². The third-order valence-electron chi connectivity index (χ3n) is 4.00. The summed E-state index contributed by atoms with van der Waals surface area (Å²) < 4.78 is 0. The van der Waals surface area contributed by atoms with Gasteiger partial charge in [-0.3, -0.25) is 0 Å². The minimum absolute atomic E-state index is 0.0517. The van der Waals surface area contributed by atoms with E-state index in [0.717, 1.165) is 17.6 Å². The first-order valence-electron chi connectivity index (χ1n) is 7.99. The van der Waals surface area contributed by atoms with Crippen LogP contribution >= 0.6 is 0 Å². The molecule has 0 bridgehead atoms. The zero-order valence-electron chi connectivity index (χ0n) is 14.4. The Balaban J connectivity index is 2.05. The van der Waals surface area contributed by atoms with Crippen molar-refractivity contribution < 1.29 is 9.90 Å². The average molecular weight is 350 g/mol. The number of aromatic nitrogens is 4. The minimum Gasteiger partial charge on any atom is -0.478 e. The highest BCUT2D eigenvalue weighted by Gasteiger charge is 2.10. The Kier molecular flexibility index (Phi) is 4.49. The van der Waals surface area contributed by atoms with E-state index in [-0.39, 0.29) is 17.3 Å². The first kappa shape index (κ1) is 17.3. The number of hydrogen-bond donors (Lipinski definition) is 3. The number of nitrogens with two attached hydrogens (primary N) is 2. The third kappa shape index (κ3) is 3.30. The highest BCUT2D eigenvalue weighted by Crippen LogP contribution is 2.24. The summed E-state index contributed by atoms with van der Waals surface area (Å²) in [6.07, 6.45) is 4.21. The van der Waals surface area contributed by atoms with E-state index in [0.29, 0.717) is 22.4 Å². The van der Waals surface area contributed by atoms with Gasteiger partial charge in [-0.2, -0.15) is 9.97 Å². The monoisotopic (exact) mass is 350 g/mol. The number of allylic oxidation sites excluding steroid dienone is 1. The molecule has 2 heterocycles. The van der Waals surface area contributed by atoms with Crippen molar-refractivity contribution in [2.45, 2.75) is 20.3 Å². The van der Waals surface area contributed by atoms with Gasteiger partial charge in [0.2, 0.25) is 5.95 Å². The Morgan fingerprint density at radius 3 is 2.65 bits per heavy atom. The minimum atomic E-state index is -0.939. The number of carboxylic acids is 1. The van der Waals surface area contributed by atoms with Crippen LogP contribution in [0.4, 0.5) is 11.8 Å². The quantitative estimate of drug-likeness (QED) is 0.652. The van der Waals surface area contributed by atoms with Gasteiger partial charge in [0.25, 0.3) is 0 Å². The maximum absolute atomic E-state index is 11.2. The van der Waals surface area contributed by atoms with Crippen LogP contribution in [0.5, 0.6) is 0 Å². The van der Waals surface area contributed by atoms with Crippen molar-refractivity contribution in [1.29, 1.82) is 0 Å². The van der Waals surface area contributed by atoms with E-state index in [1.807, 2.05) is 19.1 Å². The van der Waals surface area contributed by atoms with Crippen LogP contribution in [0.15, 0.2) is 24.4 Å². The molecule has 26 heavy (non-hydrogen) atoms. The van der Waals surface area contributed by atoms with Gasteiger partial charge in [-0.1, -0.05) is 19.1 Å². The van der Waals surface area contributed by atoms with Gasteiger partial charge < -0.3 is 16.6 Å². The van der Waals surface area contributed by atoms with E-state index in [2.05, 4.69) is 19.9 Å². The van der Waals surface area contributed by atoms with Crippen molar-refractivity contribution in [2.75, 3.05) is 11.5 Å². The summed E-state index contributed by atoms with van der Waals surface area (Å²) >= 11 is 0. The molecule has 0 atom stereocenters. The molecule has 0 saturated carbocycles. The van der Waals surface area contributed by atoms with Gasteiger partial charge in [-0.15, -0.1) is 0 Å². The molecule has 0 aliphatic carbocycles.